The van der Waals surface area contributed by atoms with E-state index in [1.165, 1.54) is 0 Å². The van der Waals surface area contributed by atoms with Crippen molar-refractivity contribution in [2.75, 3.05) is 19.0 Å². The molecule has 0 saturated heterocycles. The average molecular weight is 243 g/mol. The summed E-state index contributed by atoms with van der Waals surface area (Å²) in [7, 11) is 3.97. The monoisotopic (exact) mass is 243 g/mol. The van der Waals surface area contributed by atoms with Gasteiger partial charge in [0.1, 0.15) is 0 Å². The molecule has 0 spiro atoms. The highest BCUT2D eigenvalue weighted by Gasteiger charge is 2.03. The lowest BCUT2D eigenvalue weighted by Crippen LogP contribution is -2.22. The van der Waals surface area contributed by atoms with E-state index in [0.717, 1.165) is 16.9 Å². The maximum absolute atomic E-state index is 11.9. The maximum atomic E-state index is 11.9. The average Bonchev–Trinajstić information content (AvgIpc) is 2.35. The summed E-state index contributed by atoms with van der Waals surface area (Å²) < 4.78 is 1.68. The Kier molecular flexibility index (Phi) is 3.46. The van der Waals surface area contributed by atoms with Crippen molar-refractivity contribution in [2.45, 2.75) is 13.5 Å². The third kappa shape index (κ3) is 2.59. The van der Waals surface area contributed by atoms with Crippen LogP contribution in [0.3, 0.4) is 0 Å². The molecule has 4 nitrogen and oxygen atoms in total. The Labute approximate surface area is 107 Å². The van der Waals surface area contributed by atoms with E-state index in [1.807, 2.05) is 50.2 Å². The maximum Gasteiger partial charge on any atom is 0.253 e. The number of hydrogen-bond donors (Lipinski definition) is 0. The molecular formula is C14H17N3O. The zero-order valence-corrected chi connectivity index (χ0v) is 10.9. The van der Waals surface area contributed by atoms with Gasteiger partial charge in [-0.25, -0.2) is 0 Å². The lowest BCUT2D eigenvalue weighted by Gasteiger charge is -2.13. The first-order valence-electron chi connectivity index (χ1n) is 5.86. The number of rotatable bonds is 3. The summed E-state index contributed by atoms with van der Waals surface area (Å²) in [6.07, 6.45) is 3.56. The van der Waals surface area contributed by atoms with Crippen LogP contribution in [-0.4, -0.2) is 23.6 Å². The highest BCUT2D eigenvalue weighted by Crippen LogP contribution is 2.11. The van der Waals surface area contributed by atoms with Crippen LogP contribution in [0.5, 0.6) is 0 Å². The molecule has 0 atom stereocenters. The number of anilines is 1. The minimum absolute atomic E-state index is 0.0366. The van der Waals surface area contributed by atoms with Crippen LogP contribution < -0.4 is 10.5 Å². The van der Waals surface area contributed by atoms with Crippen LogP contribution in [-0.2, 0) is 6.54 Å². The van der Waals surface area contributed by atoms with E-state index >= 15 is 0 Å². The quantitative estimate of drug-likeness (QED) is 0.823. The lowest BCUT2D eigenvalue weighted by atomic mass is 10.2. The molecule has 2 rings (SSSR count). The van der Waals surface area contributed by atoms with Gasteiger partial charge in [0.15, 0.2) is 0 Å². The fourth-order valence-corrected chi connectivity index (χ4v) is 1.79. The summed E-state index contributed by atoms with van der Waals surface area (Å²) in [4.78, 5) is 18.2. The van der Waals surface area contributed by atoms with E-state index in [-0.39, 0.29) is 5.56 Å². The molecule has 0 aliphatic heterocycles. The Morgan fingerprint density at radius 1 is 1.33 bits per heavy atom. The van der Waals surface area contributed by atoms with Gasteiger partial charge >= 0.3 is 0 Å². The highest BCUT2D eigenvalue weighted by atomic mass is 16.1. The zero-order chi connectivity index (χ0) is 13.1. The zero-order valence-electron chi connectivity index (χ0n) is 10.9. The van der Waals surface area contributed by atoms with Crippen LogP contribution in [0.1, 0.15) is 11.3 Å². The number of hydrogen-bond acceptors (Lipinski definition) is 3. The molecule has 0 aliphatic rings. The van der Waals surface area contributed by atoms with Gasteiger partial charge in [0.25, 0.3) is 5.56 Å². The van der Waals surface area contributed by atoms with Crippen molar-refractivity contribution in [3.8, 4) is 0 Å². The van der Waals surface area contributed by atoms with Gasteiger partial charge in [-0.15, -0.1) is 0 Å². The van der Waals surface area contributed by atoms with E-state index in [0.29, 0.717) is 6.54 Å². The molecule has 2 heterocycles. The predicted molar refractivity (Wildman–Crippen MR) is 73.1 cm³/mol. The molecule has 18 heavy (non-hydrogen) atoms. The van der Waals surface area contributed by atoms with E-state index in [2.05, 4.69) is 4.98 Å². The molecule has 0 fully saturated rings. The molecule has 0 amide bonds. The minimum Gasteiger partial charge on any atom is -0.378 e. The fourth-order valence-electron chi connectivity index (χ4n) is 1.79. The molecule has 0 radical (unpaired) electrons. The summed E-state index contributed by atoms with van der Waals surface area (Å²) >= 11 is 0. The summed E-state index contributed by atoms with van der Waals surface area (Å²) in [6.45, 7) is 2.32. The third-order valence-corrected chi connectivity index (χ3v) is 2.86. The Morgan fingerprint density at radius 3 is 2.83 bits per heavy atom. The van der Waals surface area contributed by atoms with Crippen molar-refractivity contribution in [3.05, 3.63) is 58.3 Å². The predicted octanol–water partition coefficient (Wildman–Crippen LogP) is 1.67. The van der Waals surface area contributed by atoms with Crippen molar-refractivity contribution in [3.63, 3.8) is 0 Å². The summed E-state index contributed by atoms with van der Waals surface area (Å²) in [5, 5.41) is 0. The van der Waals surface area contributed by atoms with Gasteiger partial charge < -0.3 is 9.47 Å². The van der Waals surface area contributed by atoms with E-state index in [4.69, 9.17) is 0 Å². The van der Waals surface area contributed by atoms with E-state index in [9.17, 15) is 4.79 Å². The first-order chi connectivity index (χ1) is 8.58. The smallest absolute Gasteiger partial charge is 0.253 e. The first kappa shape index (κ1) is 12.4. The number of aryl methyl sites for hydroxylation is 1. The van der Waals surface area contributed by atoms with Gasteiger partial charge in [-0.2, -0.15) is 0 Å². The van der Waals surface area contributed by atoms with Gasteiger partial charge in [-0.05, 0) is 25.1 Å². The van der Waals surface area contributed by atoms with Crippen LogP contribution in [0, 0.1) is 6.92 Å². The Hall–Kier alpha value is -2.10. The Balaban J connectivity index is 2.32. The molecule has 4 heteroatoms. The third-order valence-electron chi connectivity index (χ3n) is 2.86. The standard InChI is InChI=1S/C14H17N3O/c1-11-5-4-8-17(14(11)18)10-12-9-13(16(2)3)6-7-15-12/h4-9H,10H2,1-3H3. The normalized spacial score (nSPS) is 10.4. The second-order valence-corrected chi connectivity index (χ2v) is 4.52. The molecule has 0 aliphatic carbocycles. The van der Waals surface area contributed by atoms with Crippen LogP contribution in [0.15, 0.2) is 41.5 Å². The van der Waals surface area contributed by atoms with E-state index < -0.39 is 0 Å². The summed E-state index contributed by atoms with van der Waals surface area (Å²) in [5.74, 6) is 0. The van der Waals surface area contributed by atoms with Gasteiger partial charge in [-0.3, -0.25) is 9.78 Å². The summed E-state index contributed by atoms with van der Waals surface area (Å²) in [5.41, 5.74) is 2.76. The fraction of sp³-hybridized carbons (Fsp3) is 0.286. The van der Waals surface area contributed by atoms with Crippen LogP contribution in [0.2, 0.25) is 0 Å². The Morgan fingerprint density at radius 2 is 2.11 bits per heavy atom. The molecule has 0 saturated carbocycles. The number of nitrogens with zero attached hydrogens (tertiary/aromatic N) is 3. The van der Waals surface area contributed by atoms with Crippen LogP contribution in [0.25, 0.3) is 0 Å². The second-order valence-electron chi connectivity index (χ2n) is 4.52. The molecule has 2 aromatic rings. The van der Waals surface area contributed by atoms with Crippen LogP contribution in [0.4, 0.5) is 5.69 Å². The van der Waals surface area contributed by atoms with Crippen molar-refractivity contribution in [1.29, 1.82) is 0 Å². The topological polar surface area (TPSA) is 38.1 Å². The highest BCUT2D eigenvalue weighted by molar-refractivity contribution is 5.44. The number of aromatic nitrogens is 2. The van der Waals surface area contributed by atoms with Crippen molar-refractivity contribution >= 4 is 5.69 Å². The SMILES string of the molecule is Cc1cccn(Cc2cc(N(C)C)ccn2)c1=O. The summed E-state index contributed by atoms with van der Waals surface area (Å²) in [6, 6.07) is 7.65. The van der Waals surface area contributed by atoms with Crippen LogP contribution >= 0.6 is 0 Å². The number of pyridine rings is 2. The molecule has 0 bridgehead atoms. The largest absolute Gasteiger partial charge is 0.378 e. The molecule has 0 unspecified atom stereocenters. The molecule has 0 N–H and O–H groups in total. The molecule has 94 valence electrons. The van der Waals surface area contributed by atoms with Crippen molar-refractivity contribution in [1.82, 2.24) is 9.55 Å². The van der Waals surface area contributed by atoms with Gasteiger partial charge in [0.05, 0.1) is 12.2 Å². The minimum atomic E-state index is 0.0366. The second kappa shape index (κ2) is 5.04. The van der Waals surface area contributed by atoms with Gasteiger partial charge in [-0.1, -0.05) is 6.07 Å². The lowest BCUT2D eigenvalue weighted by molar-refractivity contribution is 0.733. The molecule has 2 aromatic heterocycles. The molecule has 0 aromatic carbocycles. The van der Waals surface area contributed by atoms with Gasteiger partial charge in [0, 0.05) is 37.7 Å². The Bertz CT molecular complexity index is 602. The van der Waals surface area contributed by atoms with Crippen molar-refractivity contribution < 1.29 is 0 Å². The van der Waals surface area contributed by atoms with Gasteiger partial charge in [0.2, 0.25) is 0 Å². The van der Waals surface area contributed by atoms with E-state index in [1.54, 1.807) is 17.0 Å². The first-order valence-corrected chi connectivity index (χ1v) is 5.86. The molecular weight excluding hydrogens is 226 g/mol. The van der Waals surface area contributed by atoms with Crippen molar-refractivity contribution in [2.24, 2.45) is 0 Å².